The van der Waals surface area contributed by atoms with Gasteiger partial charge in [-0.1, -0.05) is 20.8 Å². The lowest BCUT2D eigenvalue weighted by Gasteiger charge is -2.40. The summed E-state index contributed by atoms with van der Waals surface area (Å²) < 4.78 is 0. The van der Waals surface area contributed by atoms with Crippen LogP contribution in [-0.4, -0.2) is 23.5 Å². The highest BCUT2D eigenvalue weighted by atomic mass is 15.2. The van der Waals surface area contributed by atoms with Gasteiger partial charge in [0.25, 0.3) is 0 Å². The van der Waals surface area contributed by atoms with Crippen molar-refractivity contribution in [2.45, 2.75) is 85.2 Å². The van der Waals surface area contributed by atoms with E-state index >= 15 is 0 Å². The number of rotatable bonds is 2. The fraction of sp³-hybridized carbons (Fsp3) is 1.00. The van der Waals surface area contributed by atoms with Gasteiger partial charge in [-0.25, -0.2) is 0 Å². The Morgan fingerprint density at radius 3 is 1.95 bits per heavy atom. The van der Waals surface area contributed by atoms with Crippen molar-refractivity contribution in [1.29, 1.82) is 0 Å². The summed E-state index contributed by atoms with van der Waals surface area (Å²) in [5, 5.41) is 0. The average molecular weight is 265 g/mol. The first-order valence-electron chi connectivity index (χ1n) is 8.32. The van der Waals surface area contributed by atoms with E-state index in [1.807, 2.05) is 0 Å². The molecule has 4 atom stereocenters. The Balaban J connectivity index is 2.02. The predicted octanol–water partition coefficient (Wildman–Crippen LogP) is 4.96. The zero-order valence-corrected chi connectivity index (χ0v) is 14.3. The molecule has 1 heteroatoms. The monoisotopic (exact) mass is 265 g/mol. The summed E-state index contributed by atoms with van der Waals surface area (Å²) in [6, 6.07) is 0.843. The molecule has 4 unspecified atom stereocenters. The molecule has 0 aromatic heterocycles. The van der Waals surface area contributed by atoms with Crippen LogP contribution in [0.5, 0.6) is 0 Å². The topological polar surface area (TPSA) is 3.24 Å². The molecule has 0 N–H and O–H groups in total. The van der Waals surface area contributed by atoms with Gasteiger partial charge in [0.05, 0.1) is 0 Å². The largest absolute Gasteiger partial charge is 0.298 e. The van der Waals surface area contributed by atoms with Crippen molar-refractivity contribution >= 4 is 0 Å². The van der Waals surface area contributed by atoms with Gasteiger partial charge in [-0.15, -0.1) is 0 Å². The van der Waals surface area contributed by atoms with Crippen molar-refractivity contribution in [2.75, 3.05) is 7.05 Å². The number of hydrogen-bond acceptors (Lipinski definition) is 1. The Morgan fingerprint density at radius 1 is 0.842 bits per heavy atom. The summed E-state index contributed by atoms with van der Waals surface area (Å²) in [5.41, 5.74) is 0.829. The van der Waals surface area contributed by atoms with Crippen LogP contribution in [0.3, 0.4) is 0 Å². The summed E-state index contributed by atoms with van der Waals surface area (Å²) in [7, 11) is 2.35. The zero-order valence-electron chi connectivity index (χ0n) is 14.3. The molecule has 2 saturated carbocycles. The van der Waals surface area contributed by atoms with Gasteiger partial charge in [-0.2, -0.15) is 0 Å². The summed E-state index contributed by atoms with van der Waals surface area (Å²) in [6.07, 6.45) is 7.32. The van der Waals surface area contributed by atoms with Gasteiger partial charge < -0.3 is 0 Å². The lowest BCUT2D eigenvalue weighted by Crippen LogP contribution is -2.47. The van der Waals surface area contributed by atoms with Crippen molar-refractivity contribution in [3.8, 4) is 0 Å². The molecule has 0 spiro atoms. The maximum absolute atomic E-state index is 2.66. The van der Waals surface area contributed by atoms with Gasteiger partial charge in [0, 0.05) is 11.6 Å². The minimum absolute atomic E-state index is 0.321. The molecule has 2 aliphatic carbocycles. The maximum Gasteiger partial charge on any atom is 0.0128 e. The van der Waals surface area contributed by atoms with Crippen LogP contribution in [0.25, 0.3) is 0 Å². The lowest BCUT2D eigenvalue weighted by molar-refractivity contribution is 0.0862. The van der Waals surface area contributed by atoms with Gasteiger partial charge in [0.15, 0.2) is 0 Å². The molecule has 0 saturated heterocycles. The molecule has 0 radical (unpaired) electrons. The van der Waals surface area contributed by atoms with Crippen LogP contribution in [0.1, 0.15) is 73.6 Å². The van der Waals surface area contributed by atoms with E-state index in [-0.39, 0.29) is 0 Å². The van der Waals surface area contributed by atoms with Crippen LogP contribution in [0.4, 0.5) is 0 Å². The van der Waals surface area contributed by atoms with Gasteiger partial charge in [-0.05, 0) is 83.1 Å². The summed E-state index contributed by atoms with van der Waals surface area (Å²) >= 11 is 0. The van der Waals surface area contributed by atoms with Crippen LogP contribution >= 0.6 is 0 Å². The van der Waals surface area contributed by atoms with Crippen molar-refractivity contribution < 1.29 is 0 Å². The van der Waals surface area contributed by atoms with Crippen molar-refractivity contribution in [2.24, 2.45) is 23.2 Å². The highest BCUT2D eigenvalue weighted by Gasteiger charge is 2.47. The Morgan fingerprint density at radius 2 is 1.42 bits per heavy atom. The van der Waals surface area contributed by atoms with Crippen LogP contribution in [-0.2, 0) is 0 Å². The fourth-order valence-electron chi connectivity index (χ4n) is 4.71. The van der Waals surface area contributed by atoms with Crippen molar-refractivity contribution in [3.05, 3.63) is 0 Å². The fourth-order valence-corrected chi connectivity index (χ4v) is 4.71. The third-order valence-electron chi connectivity index (χ3n) is 5.75. The van der Waals surface area contributed by atoms with E-state index in [0.29, 0.717) is 11.0 Å². The van der Waals surface area contributed by atoms with Crippen LogP contribution in [0, 0.1) is 23.2 Å². The third-order valence-corrected chi connectivity index (χ3v) is 5.75. The van der Waals surface area contributed by atoms with Gasteiger partial charge in [0.1, 0.15) is 0 Å². The maximum atomic E-state index is 2.66. The first-order valence-corrected chi connectivity index (χ1v) is 8.32. The van der Waals surface area contributed by atoms with Crippen molar-refractivity contribution in [3.63, 3.8) is 0 Å². The van der Waals surface area contributed by atoms with Gasteiger partial charge in [-0.3, -0.25) is 4.90 Å². The molecule has 112 valence electrons. The lowest BCUT2D eigenvalue weighted by atomic mass is 9.79. The molecular formula is C18H35N. The molecule has 1 nitrogen and oxygen atoms in total. The normalized spacial score (nSPS) is 36.0. The molecule has 19 heavy (non-hydrogen) atoms. The molecule has 0 aliphatic heterocycles. The Labute approximate surface area is 121 Å². The van der Waals surface area contributed by atoms with E-state index in [4.69, 9.17) is 0 Å². The molecule has 0 aromatic rings. The Bertz CT molecular complexity index is 307. The van der Waals surface area contributed by atoms with E-state index in [1.54, 1.807) is 0 Å². The SMILES string of the molecule is CN(C1CCC2C(CC(C)(C)C)CCC21)C(C)(C)C. The molecule has 0 aromatic carbocycles. The van der Waals surface area contributed by atoms with E-state index in [9.17, 15) is 0 Å². The van der Waals surface area contributed by atoms with Crippen LogP contribution in [0.2, 0.25) is 0 Å². The summed E-state index contributed by atoms with van der Waals surface area (Å²) in [5.74, 6) is 3.01. The van der Waals surface area contributed by atoms with Gasteiger partial charge in [0.2, 0.25) is 0 Å². The number of fused-ring (bicyclic) bond motifs is 1. The summed E-state index contributed by atoms with van der Waals surface area (Å²) in [6.45, 7) is 14.3. The molecule has 0 amide bonds. The van der Waals surface area contributed by atoms with E-state index in [0.717, 1.165) is 23.8 Å². The van der Waals surface area contributed by atoms with E-state index in [2.05, 4.69) is 53.5 Å². The van der Waals surface area contributed by atoms with Crippen molar-refractivity contribution in [1.82, 2.24) is 4.90 Å². The first-order chi connectivity index (χ1) is 8.59. The van der Waals surface area contributed by atoms with Gasteiger partial charge >= 0.3 is 0 Å². The smallest absolute Gasteiger partial charge is 0.0128 e. The molecule has 2 rings (SSSR count). The average Bonchev–Trinajstić information content (AvgIpc) is 2.76. The van der Waals surface area contributed by atoms with E-state index in [1.165, 1.54) is 32.1 Å². The molecule has 2 fully saturated rings. The second kappa shape index (κ2) is 5.06. The third kappa shape index (κ3) is 3.35. The van der Waals surface area contributed by atoms with Crippen LogP contribution in [0.15, 0.2) is 0 Å². The zero-order chi connectivity index (χ0) is 14.4. The minimum atomic E-state index is 0.321. The molecule has 2 aliphatic rings. The standard InChI is InChI=1S/C18H35N/c1-17(2,3)12-13-8-9-15-14(13)10-11-16(15)19(7)18(4,5)6/h13-16H,8-12H2,1-7H3. The Kier molecular flexibility index (Phi) is 4.09. The van der Waals surface area contributed by atoms with Crippen LogP contribution < -0.4 is 0 Å². The number of hydrogen-bond donors (Lipinski definition) is 0. The highest BCUT2D eigenvalue weighted by molar-refractivity contribution is 5.00. The summed E-state index contributed by atoms with van der Waals surface area (Å²) in [4.78, 5) is 2.66. The highest BCUT2D eigenvalue weighted by Crippen LogP contribution is 2.52. The predicted molar refractivity (Wildman–Crippen MR) is 84.3 cm³/mol. The molecular weight excluding hydrogens is 230 g/mol. The Hall–Kier alpha value is -0.0400. The van der Waals surface area contributed by atoms with E-state index < -0.39 is 0 Å². The minimum Gasteiger partial charge on any atom is -0.298 e. The quantitative estimate of drug-likeness (QED) is 0.682. The second-order valence-corrected chi connectivity index (χ2v) is 9.36. The number of nitrogens with zero attached hydrogens (tertiary/aromatic N) is 1. The second-order valence-electron chi connectivity index (χ2n) is 9.36. The molecule has 0 bridgehead atoms. The first kappa shape index (κ1) is 15.4. The molecule has 0 heterocycles.